The quantitative estimate of drug-likeness (QED) is 0.486. The summed E-state index contributed by atoms with van der Waals surface area (Å²) in [5, 5.41) is 9.52. The van der Waals surface area contributed by atoms with Crippen LogP contribution >= 0.6 is 0 Å². The Hall–Kier alpha value is -1.59. The predicted octanol–water partition coefficient (Wildman–Crippen LogP) is 1.32. The molecule has 0 aromatic rings. The van der Waals surface area contributed by atoms with Crippen molar-refractivity contribution in [3.05, 3.63) is 11.8 Å². The van der Waals surface area contributed by atoms with Gasteiger partial charge < -0.3 is 14.5 Å². The molecule has 0 spiro atoms. The first kappa shape index (κ1) is 20.7. The molecule has 1 unspecified atom stereocenters. The van der Waals surface area contributed by atoms with Crippen molar-refractivity contribution in [1.29, 1.82) is 5.26 Å². The number of hydrogen-bond acceptors (Lipinski definition) is 6. The summed E-state index contributed by atoms with van der Waals surface area (Å²) in [5.41, 5.74) is 0.0541. The minimum absolute atomic E-state index is 0.0541. The predicted molar refractivity (Wildman–Crippen MR) is 99.0 cm³/mol. The van der Waals surface area contributed by atoms with Crippen LogP contribution in [0.4, 0.5) is 0 Å². The zero-order chi connectivity index (χ0) is 19.2. The summed E-state index contributed by atoms with van der Waals surface area (Å²) in [6.45, 7) is 0.848. The number of carbonyl (C=O) groups is 1. The van der Waals surface area contributed by atoms with Crippen molar-refractivity contribution >= 4 is 15.7 Å². The van der Waals surface area contributed by atoms with Crippen LogP contribution in [0.1, 0.15) is 38.5 Å². The number of likely N-dealkylation sites (N-methyl/N-ethyl adjacent to an activating group) is 1. The molecule has 2 fully saturated rings. The lowest BCUT2D eigenvalue weighted by Crippen LogP contribution is -2.40. The van der Waals surface area contributed by atoms with Gasteiger partial charge in [0.15, 0.2) is 9.84 Å². The SMILES string of the molecule is COCCN(/C=C(/C#N)C(=O)N(C)C1CCCCC1)C1CCS(=O)(=O)C1. The van der Waals surface area contributed by atoms with Gasteiger partial charge in [-0.05, 0) is 19.3 Å². The van der Waals surface area contributed by atoms with Crippen molar-refractivity contribution in [2.45, 2.75) is 50.6 Å². The third-order valence-electron chi connectivity index (χ3n) is 5.32. The average molecular weight is 384 g/mol. The molecule has 26 heavy (non-hydrogen) atoms. The Bertz CT molecular complexity index is 662. The third kappa shape index (κ3) is 5.45. The van der Waals surface area contributed by atoms with E-state index in [1.54, 1.807) is 24.0 Å². The first-order valence-electron chi connectivity index (χ1n) is 9.22. The number of methoxy groups -OCH3 is 1. The largest absolute Gasteiger partial charge is 0.383 e. The van der Waals surface area contributed by atoms with Gasteiger partial charge in [-0.25, -0.2) is 8.42 Å². The normalized spacial score (nSPS) is 23.4. The molecule has 0 aromatic carbocycles. The van der Waals surface area contributed by atoms with Gasteiger partial charge in [0.2, 0.25) is 0 Å². The van der Waals surface area contributed by atoms with Crippen LogP contribution in [0, 0.1) is 11.3 Å². The van der Waals surface area contributed by atoms with Crippen LogP contribution in [0.2, 0.25) is 0 Å². The second-order valence-electron chi connectivity index (χ2n) is 7.15. The summed E-state index contributed by atoms with van der Waals surface area (Å²) in [7, 11) is 0.271. The first-order chi connectivity index (χ1) is 12.4. The number of sulfone groups is 1. The van der Waals surface area contributed by atoms with Crippen LogP contribution < -0.4 is 0 Å². The smallest absolute Gasteiger partial charge is 0.265 e. The van der Waals surface area contributed by atoms with E-state index in [0.29, 0.717) is 19.6 Å². The molecule has 2 rings (SSSR count). The third-order valence-corrected chi connectivity index (χ3v) is 7.07. The Morgan fingerprint density at radius 1 is 1.23 bits per heavy atom. The number of hydrogen-bond donors (Lipinski definition) is 0. The lowest BCUT2D eigenvalue weighted by Gasteiger charge is -2.32. The molecule has 7 nitrogen and oxygen atoms in total. The maximum atomic E-state index is 12.8. The molecule has 1 amide bonds. The molecule has 146 valence electrons. The summed E-state index contributed by atoms with van der Waals surface area (Å²) in [5.74, 6) is -0.0894. The number of ether oxygens (including phenoxy) is 1. The Morgan fingerprint density at radius 2 is 1.92 bits per heavy atom. The molecular weight excluding hydrogens is 354 g/mol. The summed E-state index contributed by atoms with van der Waals surface area (Å²) in [6, 6.07) is 1.97. The van der Waals surface area contributed by atoms with E-state index in [2.05, 4.69) is 0 Å². The van der Waals surface area contributed by atoms with E-state index in [-0.39, 0.29) is 35.1 Å². The summed E-state index contributed by atoms with van der Waals surface area (Å²) in [6.07, 6.45) is 7.38. The monoisotopic (exact) mass is 383 g/mol. The number of amides is 1. The van der Waals surface area contributed by atoms with Crippen LogP contribution in [0.25, 0.3) is 0 Å². The van der Waals surface area contributed by atoms with E-state index >= 15 is 0 Å². The zero-order valence-electron chi connectivity index (χ0n) is 15.7. The van der Waals surface area contributed by atoms with Crippen molar-refractivity contribution in [1.82, 2.24) is 9.80 Å². The van der Waals surface area contributed by atoms with Crippen molar-refractivity contribution in [2.75, 3.05) is 38.8 Å². The number of nitriles is 1. The molecule has 1 aliphatic carbocycles. The standard InChI is InChI=1S/C18H29N3O4S/c1-20(16-6-4-3-5-7-16)18(22)15(12-19)13-21(9-10-25-2)17-8-11-26(23,24)14-17/h13,16-17H,3-11,14H2,1-2H3/b15-13-. The van der Waals surface area contributed by atoms with Gasteiger partial charge in [0.25, 0.3) is 5.91 Å². The Kier molecular flexibility index (Phi) is 7.47. The fraction of sp³-hybridized carbons (Fsp3) is 0.778. The van der Waals surface area contributed by atoms with Crippen molar-refractivity contribution < 1.29 is 17.9 Å². The van der Waals surface area contributed by atoms with Gasteiger partial charge in [-0.3, -0.25) is 4.79 Å². The Morgan fingerprint density at radius 3 is 2.46 bits per heavy atom. The van der Waals surface area contributed by atoms with E-state index in [4.69, 9.17) is 4.74 Å². The van der Waals surface area contributed by atoms with Gasteiger partial charge in [-0.2, -0.15) is 5.26 Å². The first-order valence-corrected chi connectivity index (χ1v) is 11.0. The number of rotatable bonds is 7. The average Bonchev–Trinajstić information content (AvgIpc) is 3.01. The van der Waals surface area contributed by atoms with Crippen LogP contribution in [0.3, 0.4) is 0 Å². The highest BCUT2D eigenvalue weighted by Crippen LogP contribution is 2.23. The molecule has 0 aromatic heterocycles. The van der Waals surface area contributed by atoms with E-state index in [9.17, 15) is 18.5 Å². The topological polar surface area (TPSA) is 90.7 Å². The summed E-state index contributed by atoms with van der Waals surface area (Å²) in [4.78, 5) is 16.2. The molecule has 1 saturated heterocycles. The molecule has 0 N–H and O–H groups in total. The van der Waals surface area contributed by atoms with Crippen molar-refractivity contribution in [3.63, 3.8) is 0 Å². The fourth-order valence-electron chi connectivity index (χ4n) is 3.71. The fourth-order valence-corrected chi connectivity index (χ4v) is 5.45. The molecular formula is C18H29N3O4S. The van der Waals surface area contributed by atoms with Crippen LogP contribution in [-0.4, -0.2) is 75.0 Å². The molecule has 2 aliphatic rings. The van der Waals surface area contributed by atoms with Crippen LogP contribution in [-0.2, 0) is 19.4 Å². The van der Waals surface area contributed by atoms with Gasteiger partial charge in [0.05, 0.1) is 18.1 Å². The lowest BCUT2D eigenvalue weighted by atomic mass is 9.94. The number of nitrogens with zero attached hydrogens (tertiary/aromatic N) is 3. The molecule has 0 radical (unpaired) electrons. The minimum Gasteiger partial charge on any atom is -0.383 e. The molecule has 1 heterocycles. The molecule has 0 bridgehead atoms. The zero-order valence-corrected chi connectivity index (χ0v) is 16.5. The molecule has 1 saturated carbocycles. The molecule has 8 heteroatoms. The Labute approximate surface area is 156 Å². The van der Waals surface area contributed by atoms with E-state index in [0.717, 1.165) is 25.7 Å². The van der Waals surface area contributed by atoms with Crippen LogP contribution in [0.5, 0.6) is 0 Å². The van der Waals surface area contributed by atoms with Crippen molar-refractivity contribution in [2.24, 2.45) is 0 Å². The van der Waals surface area contributed by atoms with Gasteiger partial charge in [-0.15, -0.1) is 0 Å². The second kappa shape index (κ2) is 9.38. The van der Waals surface area contributed by atoms with E-state index in [1.807, 2.05) is 6.07 Å². The highest BCUT2D eigenvalue weighted by molar-refractivity contribution is 7.91. The minimum atomic E-state index is -3.05. The van der Waals surface area contributed by atoms with Crippen molar-refractivity contribution in [3.8, 4) is 6.07 Å². The number of carbonyl (C=O) groups excluding carboxylic acids is 1. The summed E-state index contributed by atoms with van der Waals surface area (Å²) >= 11 is 0. The lowest BCUT2D eigenvalue weighted by molar-refractivity contribution is -0.128. The van der Waals surface area contributed by atoms with Gasteiger partial charge >= 0.3 is 0 Å². The van der Waals surface area contributed by atoms with E-state index < -0.39 is 9.84 Å². The van der Waals surface area contributed by atoms with Gasteiger partial charge in [0.1, 0.15) is 11.6 Å². The van der Waals surface area contributed by atoms with E-state index in [1.165, 1.54) is 12.6 Å². The van der Waals surface area contributed by atoms with Gasteiger partial charge in [-0.1, -0.05) is 19.3 Å². The second-order valence-corrected chi connectivity index (χ2v) is 9.38. The maximum absolute atomic E-state index is 12.8. The van der Waals surface area contributed by atoms with Crippen LogP contribution in [0.15, 0.2) is 11.8 Å². The molecule has 1 atom stereocenters. The highest BCUT2D eigenvalue weighted by Gasteiger charge is 2.32. The highest BCUT2D eigenvalue weighted by atomic mass is 32.2. The summed E-state index contributed by atoms with van der Waals surface area (Å²) < 4.78 is 28.7. The molecule has 1 aliphatic heterocycles. The maximum Gasteiger partial charge on any atom is 0.265 e. The Balaban J connectivity index is 2.15. The van der Waals surface area contributed by atoms with Gasteiger partial charge in [0, 0.05) is 39.0 Å².